The average Bonchev–Trinajstić information content (AvgIpc) is 3.28. The first kappa shape index (κ1) is 20.4. The van der Waals surface area contributed by atoms with Crippen molar-refractivity contribution in [3.63, 3.8) is 0 Å². The van der Waals surface area contributed by atoms with Crippen molar-refractivity contribution in [2.24, 2.45) is 0 Å². The summed E-state index contributed by atoms with van der Waals surface area (Å²) in [4.78, 5) is 34.1. The van der Waals surface area contributed by atoms with Crippen LogP contribution in [0.25, 0.3) is 33.3 Å². The fourth-order valence-electron chi connectivity index (χ4n) is 3.63. The summed E-state index contributed by atoms with van der Waals surface area (Å²) in [5, 5.41) is 4.16. The molecule has 0 saturated heterocycles. The molecule has 3 aromatic carbocycles. The number of carbonyl (C=O) groups excluding carboxylic acids is 2. The topological polar surface area (TPSA) is 94.3 Å². The fraction of sp³-hybridized carbons (Fsp3) is 0.0769. The maximum atomic E-state index is 13.1. The Labute approximate surface area is 189 Å². The van der Waals surface area contributed by atoms with Crippen molar-refractivity contribution in [2.45, 2.75) is 13.0 Å². The van der Waals surface area contributed by atoms with Gasteiger partial charge < -0.3 is 14.5 Å². The van der Waals surface area contributed by atoms with Gasteiger partial charge in [-0.3, -0.25) is 9.78 Å². The van der Waals surface area contributed by atoms with Crippen LogP contribution in [0, 0.1) is 0 Å². The molecule has 1 unspecified atom stereocenters. The molecule has 0 bridgehead atoms. The van der Waals surface area contributed by atoms with Gasteiger partial charge in [-0.05, 0) is 48.7 Å². The number of pyridine rings is 1. The van der Waals surface area contributed by atoms with Crippen LogP contribution in [0.1, 0.15) is 17.3 Å². The molecule has 0 aliphatic rings. The highest BCUT2D eigenvalue weighted by Crippen LogP contribution is 2.33. The minimum atomic E-state index is -1.01. The Balaban J connectivity index is 1.48. The number of esters is 1. The molecular weight excluding hydrogens is 418 g/mol. The first-order valence-corrected chi connectivity index (χ1v) is 10.4. The van der Waals surface area contributed by atoms with Crippen LogP contribution in [0.5, 0.6) is 0 Å². The zero-order valence-corrected chi connectivity index (χ0v) is 17.7. The van der Waals surface area contributed by atoms with E-state index >= 15 is 0 Å². The number of hydrogen-bond donors (Lipinski definition) is 1. The van der Waals surface area contributed by atoms with Gasteiger partial charge >= 0.3 is 5.97 Å². The second-order valence-electron chi connectivity index (χ2n) is 7.47. The highest BCUT2D eigenvalue weighted by atomic mass is 16.5. The van der Waals surface area contributed by atoms with E-state index in [1.165, 1.54) is 13.1 Å². The molecule has 7 nitrogen and oxygen atoms in total. The number of nitrogens with zero attached hydrogens (tertiary/aromatic N) is 2. The third-order valence-corrected chi connectivity index (χ3v) is 5.23. The van der Waals surface area contributed by atoms with Crippen molar-refractivity contribution < 1.29 is 18.7 Å². The summed E-state index contributed by atoms with van der Waals surface area (Å²) in [6.45, 7) is 1.52. The number of benzene rings is 3. The molecule has 0 aliphatic heterocycles. The molecule has 0 saturated carbocycles. The van der Waals surface area contributed by atoms with Gasteiger partial charge in [0.2, 0.25) is 5.89 Å². The summed E-state index contributed by atoms with van der Waals surface area (Å²) in [5.74, 6) is -0.654. The van der Waals surface area contributed by atoms with Crippen LogP contribution < -0.4 is 5.32 Å². The molecule has 2 aromatic heterocycles. The number of fused-ring (bicyclic) bond motifs is 2. The second kappa shape index (κ2) is 8.55. The van der Waals surface area contributed by atoms with E-state index in [0.29, 0.717) is 33.7 Å². The molecule has 0 radical (unpaired) electrons. The lowest BCUT2D eigenvalue weighted by atomic mass is 9.99. The van der Waals surface area contributed by atoms with Crippen LogP contribution in [0.4, 0.5) is 5.69 Å². The molecular formula is C26H19N3O4. The van der Waals surface area contributed by atoms with E-state index in [1.807, 2.05) is 48.5 Å². The third-order valence-electron chi connectivity index (χ3n) is 5.23. The van der Waals surface area contributed by atoms with Crippen LogP contribution in [0.2, 0.25) is 0 Å². The number of anilines is 1. The first-order chi connectivity index (χ1) is 16.1. The van der Waals surface area contributed by atoms with Gasteiger partial charge in [-0.25, -0.2) is 9.78 Å². The van der Waals surface area contributed by atoms with E-state index in [-0.39, 0.29) is 0 Å². The van der Waals surface area contributed by atoms with Gasteiger partial charge in [0.1, 0.15) is 5.52 Å². The number of nitrogens with one attached hydrogen (secondary N) is 1. The summed E-state index contributed by atoms with van der Waals surface area (Å²) in [6.07, 6.45) is 2.11. The third kappa shape index (κ3) is 4.04. The first-order valence-electron chi connectivity index (χ1n) is 10.4. The highest BCUT2D eigenvalue weighted by molar-refractivity contribution is 6.10. The van der Waals surface area contributed by atoms with Gasteiger partial charge in [-0.15, -0.1) is 0 Å². The molecule has 7 heteroatoms. The van der Waals surface area contributed by atoms with Crippen molar-refractivity contribution in [3.8, 4) is 11.5 Å². The molecule has 1 amide bonds. The van der Waals surface area contributed by atoms with Crippen LogP contribution in [-0.2, 0) is 9.53 Å². The van der Waals surface area contributed by atoms with Gasteiger partial charge in [0.05, 0.1) is 17.4 Å². The van der Waals surface area contributed by atoms with Crippen LogP contribution in [0.3, 0.4) is 0 Å². The molecule has 2 heterocycles. The Kier molecular flexibility index (Phi) is 5.28. The lowest BCUT2D eigenvalue weighted by molar-refractivity contribution is -0.123. The predicted molar refractivity (Wildman–Crippen MR) is 125 cm³/mol. The number of para-hydroxylation sites is 2. The van der Waals surface area contributed by atoms with Gasteiger partial charge in [0, 0.05) is 17.1 Å². The Bertz CT molecular complexity index is 1440. The van der Waals surface area contributed by atoms with Crippen molar-refractivity contribution in [1.29, 1.82) is 0 Å². The number of aromatic nitrogens is 2. The normalized spacial score (nSPS) is 11.9. The highest BCUT2D eigenvalue weighted by Gasteiger charge is 2.23. The number of hydrogen-bond acceptors (Lipinski definition) is 6. The molecule has 5 rings (SSSR count). The SMILES string of the molecule is CC(OC(=O)c1cccc2cccc(-c3nc4ccccc4o3)c12)C(=O)Nc1cccnc1. The number of carbonyl (C=O) groups is 2. The van der Waals surface area contributed by atoms with Crippen molar-refractivity contribution in [1.82, 2.24) is 9.97 Å². The second-order valence-corrected chi connectivity index (χ2v) is 7.47. The number of ether oxygens (including phenoxy) is 1. The van der Waals surface area contributed by atoms with Gasteiger partial charge in [-0.1, -0.05) is 36.4 Å². The number of oxazole rings is 1. The fourth-order valence-corrected chi connectivity index (χ4v) is 3.63. The standard InChI is InChI=1S/C26H19N3O4/c1-16(24(30)28-18-9-6-14-27-15-18)32-26(31)20-11-5-8-17-7-4-10-19(23(17)20)25-29-21-12-2-3-13-22(21)33-25/h2-16H,1H3,(H,28,30). The van der Waals surface area contributed by atoms with Gasteiger partial charge in [-0.2, -0.15) is 0 Å². The quantitative estimate of drug-likeness (QED) is 0.379. The van der Waals surface area contributed by atoms with Crippen LogP contribution >= 0.6 is 0 Å². The summed E-state index contributed by atoms with van der Waals surface area (Å²) in [7, 11) is 0. The number of amides is 1. The summed E-state index contributed by atoms with van der Waals surface area (Å²) >= 11 is 0. The van der Waals surface area contributed by atoms with E-state index in [0.717, 1.165) is 10.9 Å². The van der Waals surface area contributed by atoms with E-state index < -0.39 is 18.0 Å². The van der Waals surface area contributed by atoms with Crippen LogP contribution in [-0.4, -0.2) is 27.9 Å². The molecule has 1 N–H and O–H groups in total. The van der Waals surface area contributed by atoms with E-state index in [1.54, 1.807) is 30.5 Å². The zero-order valence-electron chi connectivity index (χ0n) is 17.7. The molecule has 0 fully saturated rings. The van der Waals surface area contributed by atoms with E-state index in [9.17, 15) is 9.59 Å². The molecule has 5 aromatic rings. The molecule has 1 atom stereocenters. The van der Waals surface area contributed by atoms with Crippen LogP contribution in [0.15, 0.2) is 89.6 Å². The lowest BCUT2D eigenvalue weighted by Crippen LogP contribution is -2.30. The summed E-state index contributed by atoms with van der Waals surface area (Å²) in [5.41, 5.74) is 2.90. The Hall–Kier alpha value is -4.52. The number of rotatable bonds is 5. The maximum Gasteiger partial charge on any atom is 0.339 e. The minimum absolute atomic E-state index is 0.325. The molecule has 162 valence electrons. The van der Waals surface area contributed by atoms with Gasteiger partial charge in [0.25, 0.3) is 5.91 Å². The monoisotopic (exact) mass is 437 g/mol. The van der Waals surface area contributed by atoms with E-state index in [2.05, 4.69) is 15.3 Å². The minimum Gasteiger partial charge on any atom is -0.449 e. The summed E-state index contributed by atoms with van der Waals surface area (Å²) in [6, 6.07) is 21.9. The summed E-state index contributed by atoms with van der Waals surface area (Å²) < 4.78 is 11.5. The average molecular weight is 437 g/mol. The predicted octanol–water partition coefficient (Wildman–Crippen LogP) is 5.23. The Morgan fingerprint density at radius 2 is 1.79 bits per heavy atom. The van der Waals surface area contributed by atoms with Gasteiger partial charge in [0.15, 0.2) is 11.7 Å². The Morgan fingerprint density at radius 1 is 0.970 bits per heavy atom. The zero-order chi connectivity index (χ0) is 22.8. The van der Waals surface area contributed by atoms with Crippen molar-refractivity contribution in [2.75, 3.05) is 5.32 Å². The van der Waals surface area contributed by atoms with E-state index in [4.69, 9.17) is 9.15 Å². The lowest BCUT2D eigenvalue weighted by Gasteiger charge is -2.15. The smallest absolute Gasteiger partial charge is 0.339 e. The van der Waals surface area contributed by atoms with Crippen molar-refractivity contribution in [3.05, 3.63) is 90.8 Å². The largest absolute Gasteiger partial charge is 0.449 e. The molecule has 0 aliphatic carbocycles. The molecule has 33 heavy (non-hydrogen) atoms. The maximum absolute atomic E-state index is 13.1. The Morgan fingerprint density at radius 3 is 2.58 bits per heavy atom. The van der Waals surface area contributed by atoms with Crippen molar-refractivity contribution >= 4 is 39.4 Å². The molecule has 0 spiro atoms.